The summed E-state index contributed by atoms with van der Waals surface area (Å²) in [7, 11) is 0. The van der Waals surface area contributed by atoms with Gasteiger partial charge in [-0.2, -0.15) is 0 Å². The van der Waals surface area contributed by atoms with E-state index in [4.69, 9.17) is 0 Å². The maximum atomic E-state index is 11.4. The number of hydrogen-bond acceptors (Lipinski definition) is 1. The fourth-order valence-corrected chi connectivity index (χ4v) is 1.76. The quantitative estimate of drug-likeness (QED) is 0.729. The number of carbonyl (C=O) groups is 1. The number of hydrogen-bond donors (Lipinski definition) is 1. The molecule has 1 aliphatic rings. The fraction of sp³-hybridized carbons (Fsp3) is 0.364. The molecule has 0 bridgehead atoms. The lowest BCUT2D eigenvalue weighted by molar-refractivity contribution is -0.386. The molecule has 1 aromatic rings. The predicted molar refractivity (Wildman–Crippen MR) is 54.6 cm³/mol. The highest BCUT2D eigenvalue weighted by Crippen LogP contribution is 2.21. The summed E-state index contributed by atoms with van der Waals surface area (Å²) in [5.41, 5.74) is 6.04. The minimum Gasteiger partial charge on any atom is -0.354 e. The molecule has 0 atom stereocenters. The minimum absolute atomic E-state index is 0.243. The van der Waals surface area contributed by atoms with Crippen LogP contribution in [0, 0.1) is 0 Å². The zero-order valence-electron chi connectivity index (χ0n) is 8.20. The number of anilines is 1. The van der Waals surface area contributed by atoms with E-state index < -0.39 is 0 Å². The van der Waals surface area contributed by atoms with Crippen LogP contribution in [0.25, 0.3) is 0 Å². The van der Waals surface area contributed by atoms with Gasteiger partial charge in [0.1, 0.15) is 0 Å². The van der Waals surface area contributed by atoms with Crippen LogP contribution in [0.5, 0.6) is 0 Å². The SMILES string of the molecule is [NH3+]Cc1ccc(N2CCCC2=O)cc1. The van der Waals surface area contributed by atoms with Crippen molar-refractivity contribution in [2.75, 3.05) is 11.4 Å². The van der Waals surface area contributed by atoms with Gasteiger partial charge in [0.2, 0.25) is 5.91 Å². The van der Waals surface area contributed by atoms with Crippen molar-refractivity contribution in [3.8, 4) is 0 Å². The number of amides is 1. The second-order valence-electron chi connectivity index (χ2n) is 3.57. The summed E-state index contributed by atoms with van der Waals surface area (Å²) in [4.78, 5) is 13.3. The van der Waals surface area contributed by atoms with Crippen molar-refractivity contribution in [1.82, 2.24) is 0 Å². The molecule has 0 spiro atoms. The zero-order valence-corrected chi connectivity index (χ0v) is 8.20. The smallest absolute Gasteiger partial charge is 0.227 e. The Hall–Kier alpha value is -1.35. The Labute approximate surface area is 83.5 Å². The van der Waals surface area contributed by atoms with E-state index in [1.54, 1.807) is 0 Å². The van der Waals surface area contributed by atoms with Crippen LogP contribution < -0.4 is 10.6 Å². The van der Waals surface area contributed by atoms with Gasteiger partial charge in [0, 0.05) is 24.2 Å². The van der Waals surface area contributed by atoms with Crippen LogP contribution >= 0.6 is 0 Å². The third kappa shape index (κ3) is 1.63. The molecule has 3 nitrogen and oxygen atoms in total. The first-order valence-electron chi connectivity index (χ1n) is 5.00. The molecule has 0 saturated carbocycles. The molecule has 1 amide bonds. The first-order chi connectivity index (χ1) is 6.81. The van der Waals surface area contributed by atoms with Crippen molar-refractivity contribution in [2.24, 2.45) is 0 Å². The van der Waals surface area contributed by atoms with Gasteiger partial charge < -0.3 is 10.6 Å². The lowest BCUT2D eigenvalue weighted by Gasteiger charge is -2.15. The topological polar surface area (TPSA) is 48.0 Å². The van der Waals surface area contributed by atoms with E-state index >= 15 is 0 Å². The molecule has 0 unspecified atom stereocenters. The predicted octanol–water partition coefficient (Wildman–Crippen LogP) is 0.555. The van der Waals surface area contributed by atoms with E-state index in [9.17, 15) is 4.79 Å². The molecule has 0 aromatic heterocycles. The van der Waals surface area contributed by atoms with Crippen LogP contribution in [-0.2, 0) is 11.3 Å². The molecule has 74 valence electrons. The molecular weight excluding hydrogens is 176 g/mol. The van der Waals surface area contributed by atoms with Gasteiger partial charge in [-0.05, 0) is 18.6 Å². The lowest BCUT2D eigenvalue weighted by Crippen LogP contribution is -2.47. The van der Waals surface area contributed by atoms with Gasteiger partial charge in [-0.15, -0.1) is 0 Å². The number of carbonyl (C=O) groups excluding carboxylic acids is 1. The summed E-state index contributed by atoms with van der Waals surface area (Å²) in [6.07, 6.45) is 1.67. The zero-order chi connectivity index (χ0) is 9.97. The van der Waals surface area contributed by atoms with Crippen LogP contribution in [0.4, 0.5) is 5.69 Å². The Balaban J connectivity index is 2.20. The van der Waals surface area contributed by atoms with E-state index in [2.05, 4.69) is 5.73 Å². The Bertz CT molecular complexity index is 332. The van der Waals surface area contributed by atoms with Crippen molar-refractivity contribution >= 4 is 11.6 Å². The number of quaternary nitrogens is 1. The second-order valence-corrected chi connectivity index (χ2v) is 3.57. The number of nitrogens with zero attached hydrogens (tertiary/aromatic N) is 1. The molecule has 14 heavy (non-hydrogen) atoms. The van der Waals surface area contributed by atoms with Crippen molar-refractivity contribution in [1.29, 1.82) is 0 Å². The van der Waals surface area contributed by atoms with Crippen molar-refractivity contribution in [3.63, 3.8) is 0 Å². The first kappa shape index (κ1) is 9.21. The summed E-state index contributed by atoms with van der Waals surface area (Å²) in [6.45, 7) is 1.66. The van der Waals surface area contributed by atoms with Gasteiger partial charge >= 0.3 is 0 Å². The van der Waals surface area contributed by atoms with Crippen LogP contribution in [0.3, 0.4) is 0 Å². The molecule has 1 aromatic carbocycles. The first-order valence-corrected chi connectivity index (χ1v) is 5.00. The Morgan fingerprint density at radius 3 is 2.50 bits per heavy atom. The Morgan fingerprint density at radius 2 is 2.00 bits per heavy atom. The van der Waals surface area contributed by atoms with Crippen LogP contribution in [0.1, 0.15) is 18.4 Å². The maximum Gasteiger partial charge on any atom is 0.227 e. The molecule has 3 heteroatoms. The van der Waals surface area contributed by atoms with Crippen molar-refractivity contribution < 1.29 is 10.5 Å². The van der Waals surface area contributed by atoms with E-state index in [1.807, 2.05) is 29.2 Å². The summed E-state index contributed by atoms with van der Waals surface area (Å²) in [6, 6.07) is 8.08. The average molecular weight is 191 g/mol. The van der Waals surface area contributed by atoms with Crippen molar-refractivity contribution in [2.45, 2.75) is 19.4 Å². The van der Waals surface area contributed by atoms with E-state index in [-0.39, 0.29) is 5.91 Å². The fourth-order valence-electron chi connectivity index (χ4n) is 1.76. The normalized spacial score (nSPS) is 16.4. The summed E-state index contributed by atoms with van der Waals surface area (Å²) in [5.74, 6) is 0.243. The molecule has 2 rings (SSSR count). The Kier molecular flexibility index (Phi) is 2.50. The van der Waals surface area contributed by atoms with E-state index in [0.29, 0.717) is 6.42 Å². The van der Waals surface area contributed by atoms with Gasteiger partial charge in [0.15, 0.2) is 0 Å². The molecule has 0 aliphatic carbocycles. The van der Waals surface area contributed by atoms with Crippen molar-refractivity contribution in [3.05, 3.63) is 29.8 Å². The van der Waals surface area contributed by atoms with Crippen LogP contribution in [-0.4, -0.2) is 12.5 Å². The highest BCUT2D eigenvalue weighted by Gasteiger charge is 2.21. The van der Waals surface area contributed by atoms with Gasteiger partial charge in [0.25, 0.3) is 0 Å². The molecule has 0 radical (unpaired) electrons. The number of benzene rings is 1. The Morgan fingerprint density at radius 1 is 1.29 bits per heavy atom. The molecular formula is C11H15N2O+. The monoisotopic (exact) mass is 191 g/mol. The highest BCUT2D eigenvalue weighted by atomic mass is 16.2. The molecule has 1 fully saturated rings. The number of rotatable bonds is 2. The van der Waals surface area contributed by atoms with Crippen LogP contribution in [0.2, 0.25) is 0 Å². The second kappa shape index (κ2) is 3.80. The van der Waals surface area contributed by atoms with Gasteiger partial charge in [-0.1, -0.05) is 12.1 Å². The molecule has 1 aliphatic heterocycles. The molecule has 1 saturated heterocycles. The minimum atomic E-state index is 0.243. The molecule has 1 heterocycles. The summed E-state index contributed by atoms with van der Waals surface area (Å²) < 4.78 is 0. The maximum absolute atomic E-state index is 11.4. The van der Waals surface area contributed by atoms with Gasteiger partial charge in [-0.25, -0.2) is 0 Å². The van der Waals surface area contributed by atoms with Crippen LogP contribution in [0.15, 0.2) is 24.3 Å². The van der Waals surface area contributed by atoms with Gasteiger partial charge in [0.05, 0.1) is 6.54 Å². The van der Waals surface area contributed by atoms with Gasteiger partial charge in [-0.3, -0.25) is 4.79 Å². The average Bonchev–Trinajstić information content (AvgIpc) is 2.65. The third-order valence-electron chi connectivity index (χ3n) is 2.61. The summed E-state index contributed by atoms with van der Waals surface area (Å²) in [5, 5.41) is 0. The third-order valence-corrected chi connectivity index (χ3v) is 2.61. The lowest BCUT2D eigenvalue weighted by atomic mass is 10.2. The highest BCUT2D eigenvalue weighted by molar-refractivity contribution is 5.95. The molecule has 3 N–H and O–H groups in total. The van der Waals surface area contributed by atoms with E-state index in [0.717, 1.165) is 25.2 Å². The largest absolute Gasteiger partial charge is 0.354 e. The van der Waals surface area contributed by atoms with E-state index in [1.165, 1.54) is 5.56 Å². The summed E-state index contributed by atoms with van der Waals surface area (Å²) >= 11 is 0. The standard InChI is InChI=1S/C11H14N2O/c12-8-9-3-5-10(6-4-9)13-7-1-2-11(13)14/h3-6H,1-2,7-8,12H2/p+1.